The molecule has 0 spiro atoms. The Labute approximate surface area is 92.6 Å². The summed E-state index contributed by atoms with van der Waals surface area (Å²) >= 11 is 0. The second-order valence-corrected chi connectivity index (χ2v) is 3.20. The molecule has 1 unspecified atom stereocenters. The Hall–Kier alpha value is -0.610. The molecule has 0 aliphatic heterocycles. The van der Waals surface area contributed by atoms with E-state index in [0.29, 0.717) is 19.8 Å². The normalized spacial score (nSPS) is 11.3. The van der Waals surface area contributed by atoms with Gasteiger partial charge in [-0.05, 0) is 20.3 Å². The van der Waals surface area contributed by atoms with Crippen LogP contribution in [0.25, 0.3) is 0 Å². The zero-order valence-electron chi connectivity index (χ0n) is 10.3. The SMILES string of the molecule is CCCCOC(C)=O.CCOCC(C)O. The van der Waals surface area contributed by atoms with Crippen LogP contribution >= 0.6 is 0 Å². The van der Waals surface area contributed by atoms with Crippen molar-refractivity contribution in [2.45, 2.75) is 46.6 Å². The molecule has 0 bridgehead atoms. The molecule has 0 aromatic heterocycles. The number of esters is 1. The molecule has 4 heteroatoms. The molecule has 0 aliphatic rings. The lowest BCUT2D eigenvalue weighted by Gasteiger charge is -2.00. The third-order valence-electron chi connectivity index (χ3n) is 1.37. The Morgan fingerprint density at radius 3 is 2.27 bits per heavy atom. The minimum absolute atomic E-state index is 0.182. The maximum Gasteiger partial charge on any atom is 0.302 e. The second kappa shape index (κ2) is 13.4. The summed E-state index contributed by atoms with van der Waals surface area (Å²) in [4.78, 5) is 10.1. The maximum atomic E-state index is 10.1. The minimum atomic E-state index is -0.319. The largest absolute Gasteiger partial charge is 0.466 e. The summed E-state index contributed by atoms with van der Waals surface area (Å²) in [6, 6.07) is 0. The smallest absolute Gasteiger partial charge is 0.302 e. The van der Waals surface area contributed by atoms with E-state index in [1.54, 1.807) is 6.92 Å². The average molecular weight is 220 g/mol. The molecular formula is C11H24O4. The molecule has 0 aromatic carbocycles. The zero-order chi connectivity index (χ0) is 12.1. The van der Waals surface area contributed by atoms with E-state index < -0.39 is 0 Å². The highest BCUT2D eigenvalue weighted by Gasteiger charge is 1.90. The van der Waals surface area contributed by atoms with E-state index in [1.165, 1.54) is 6.92 Å². The first-order valence-electron chi connectivity index (χ1n) is 5.43. The molecule has 15 heavy (non-hydrogen) atoms. The number of rotatable bonds is 6. The summed E-state index contributed by atoms with van der Waals surface area (Å²) < 4.78 is 9.49. The molecule has 0 heterocycles. The number of carbonyl (C=O) groups is 1. The quantitative estimate of drug-likeness (QED) is 0.547. The van der Waals surface area contributed by atoms with Crippen LogP contribution in [0.2, 0.25) is 0 Å². The highest BCUT2D eigenvalue weighted by Crippen LogP contribution is 1.86. The molecule has 0 saturated heterocycles. The molecule has 0 saturated carbocycles. The lowest BCUT2D eigenvalue weighted by atomic mass is 10.4. The van der Waals surface area contributed by atoms with Crippen molar-refractivity contribution in [3.8, 4) is 0 Å². The lowest BCUT2D eigenvalue weighted by Crippen LogP contribution is -2.09. The lowest BCUT2D eigenvalue weighted by molar-refractivity contribution is -0.141. The van der Waals surface area contributed by atoms with Crippen LogP contribution in [0.15, 0.2) is 0 Å². The maximum absolute atomic E-state index is 10.1. The van der Waals surface area contributed by atoms with Crippen LogP contribution in [0, 0.1) is 0 Å². The zero-order valence-corrected chi connectivity index (χ0v) is 10.3. The first-order valence-corrected chi connectivity index (χ1v) is 5.43. The third kappa shape index (κ3) is 24.7. The summed E-state index contributed by atoms with van der Waals surface area (Å²) in [5, 5.41) is 8.56. The summed E-state index contributed by atoms with van der Waals surface area (Å²) in [5.41, 5.74) is 0. The van der Waals surface area contributed by atoms with Crippen molar-refractivity contribution in [1.29, 1.82) is 0 Å². The topological polar surface area (TPSA) is 55.8 Å². The number of hydrogen-bond acceptors (Lipinski definition) is 4. The van der Waals surface area contributed by atoms with Gasteiger partial charge < -0.3 is 14.6 Å². The van der Waals surface area contributed by atoms with Crippen molar-refractivity contribution in [3.63, 3.8) is 0 Å². The first-order chi connectivity index (χ1) is 7.04. The van der Waals surface area contributed by atoms with Gasteiger partial charge in [0.25, 0.3) is 0 Å². The van der Waals surface area contributed by atoms with Crippen LogP contribution in [-0.2, 0) is 14.3 Å². The number of unbranched alkanes of at least 4 members (excludes halogenated alkanes) is 1. The number of aliphatic hydroxyl groups excluding tert-OH is 1. The molecule has 0 rings (SSSR count). The summed E-state index contributed by atoms with van der Waals surface area (Å²) in [7, 11) is 0. The molecule has 0 radical (unpaired) electrons. The summed E-state index contributed by atoms with van der Waals surface area (Å²) in [6.07, 6.45) is 1.73. The van der Waals surface area contributed by atoms with Gasteiger partial charge in [0.2, 0.25) is 0 Å². The van der Waals surface area contributed by atoms with Gasteiger partial charge in [-0.25, -0.2) is 0 Å². The van der Waals surface area contributed by atoms with Gasteiger partial charge in [-0.2, -0.15) is 0 Å². The first kappa shape index (κ1) is 16.8. The van der Waals surface area contributed by atoms with Crippen LogP contribution < -0.4 is 0 Å². The fourth-order valence-electron chi connectivity index (χ4n) is 0.649. The van der Waals surface area contributed by atoms with Gasteiger partial charge in [0.1, 0.15) is 0 Å². The van der Waals surface area contributed by atoms with Crippen LogP contribution in [-0.4, -0.2) is 37.0 Å². The molecule has 0 aromatic rings. The van der Waals surface area contributed by atoms with Crippen molar-refractivity contribution in [1.82, 2.24) is 0 Å². The van der Waals surface area contributed by atoms with Gasteiger partial charge in [0.15, 0.2) is 0 Å². The van der Waals surface area contributed by atoms with Crippen molar-refractivity contribution in [2.24, 2.45) is 0 Å². The van der Waals surface area contributed by atoms with Crippen LogP contribution in [0.1, 0.15) is 40.5 Å². The third-order valence-corrected chi connectivity index (χ3v) is 1.37. The predicted molar refractivity (Wildman–Crippen MR) is 59.7 cm³/mol. The minimum Gasteiger partial charge on any atom is -0.466 e. The molecular weight excluding hydrogens is 196 g/mol. The Bertz CT molecular complexity index is 135. The van der Waals surface area contributed by atoms with Gasteiger partial charge in [-0.3, -0.25) is 4.79 Å². The number of hydrogen-bond donors (Lipinski definition) is 1. The van der Waals surface area contributed by atoms with E-state index >= 15 is 0 Å². The van der Waals surface area contributed by atoms with E-state index in [9.17, 15) is 4.79 Å². The molecule has 4 nitrogen and oxygen atoms in total. The molecule has 1 N–H and O–H groups in total. The van der Waals surface area contributed by atoms with Gasteiger partial charge in [0.05, 0.1) is 19.3 Å². The van der Waals surface area contributed by atoms with Gasteiger partial charge in [-0.1, -0.05) is 13.3 Å². The van der Waals surface area contributed by atoms with E-state index in [4.69, 9.17) is 9.84 Å². The summed E-state index contributed by atoms with van der Waals surface area (Å²) in [6.45, 7) is 8.81. The standard InChI is InChI=1S/C6H12O2.C5H12O2/c1-3-4-5-8-6(2)7;1-3-7-4-5(2)6/h3-5H2,1-2H3;5-6H,3-4H2,1-2H3. The highest BCUT2D eigenvalue weighted by molar-refractivity contribution is 5.65. The number of carbonyl (C=O) groups excluding carboxylic acids is 1. The Kier molecular flexibility index (Phi) is 15.0. The van der Waals surface area contributed by atoms with Crippen LogP contribution in [0.3, 0.4) is 0 Å². The fraction of sp³-hybridized carbons (Fsp3) is 0.909. The van der Waals surface area contributed by atoms with E-state index in [-0.39, 0.29) is 12.1 Å². The van der Waals surface area contributed by atoms with E-state index in [2.05, 4.69) is 11.7 Å². The summed E-state index contributed by atoms with van der Waals surface area (Å²) in [5.74, 6) is -0.182. The predicted octanol–water partition coefficient (Wildman–Crippen LogP) is 1.75. The Morgan fingerprint density at radius 2 is 2.00 bits per heavy atom. The molecule has 92 valence electrons. The second-order valence-electron chi connectivity index (χ2n) is 3.20. The van der Waals surface area contributed by atoms with Gasteiger partial charge in [-0.15, -0.1) is 0 Å². The van der Waals surface area contributed by atoms with E-state index in [1.807, 2.05) is 6.92 Å². The van der Waals surface area contributed by atoms with Crippen molar-refractivity contribution < 1.29 is 19.4 Å². The fourth-order valence-corrected chi connectivity index (χ4v) is 0.649. The number of ether oxygens (including phenoxy) is 2. The monoisotopic (exact) mass is 220 g/mol. The van der Waals surface area contributed by atoms with Gasteiger partial charge in [0, 0.05) is 13.5 Å². The van der Waals surface area contributed by atoms with Crippen LogP contribution in [0.5, 0.6) is 0 Å². The van der Waals surface area contributed by atoms with Gasteiger partial charge >= 0.3 is 5.97 Å². The Morgan fingerprint density at radius 1 is 1.40 bits per heavy atom. The Balaban J connectivity index is 0. The molecule has 0 aliphatic carbocycles. The molecule has 0 amide bonds. The highest BCUT2D eigenvalue weighted by atomic mass is 16.5. The van der Waals surface area contributed by atoms with E-state index in [0.717, 1.165) is 12.8 Å². The van der Waals surface area contributed by atoms with Crippen molar-refractivity contribution in [3.05, 3.63) is 0 Å². The van der Waals surface area contributed by atoms with Crippen molar-refractivity contribution >= 4 is 5.97 Å². The molecule has 1 atom stereocenters. The van der Waals surface area contributed by atoms with Crippen molar-refractivity contribution in [2.75, 3.05) is 19.8 Å². The number of aliphatic hydroxyl groups is 1. The average Bonchev–Trinajstić information content (AvgIpc) is 2.15. The van der Waals surface area contributed by atoms with Crippen LogP contribution in [0.4, 0.5) is 0 Å². The molecule has 0 fully saturated rings.